The number of rotatable bonds is 7. The summed E-state index contributed by atoms with van der Waals surface area (Å²) in [6.07, 6.45) is 7.88. The monoisotopic (exact) mass is 466 g/mol. The van der Waals surface area contributed by atoms with Crippen molar-refractivity contribution in [1.82, 2.24) is 9.62 Å². The van der Waals surface area contributed by atoms with Crippen LogP contribution in [0.2, 0.25) is 0 Å². The summed E-state index contributed by atoms with van der Waals surface area (Å²) in [4.78, 5) is 25.0. The number of ether oxygens (including phenoxy) is 2. The molecule has 1 saturated heterocycles. The fourth-order valence-electron chi connectivity index (χ4n) is 4.43. The molecule has 1 N–H and O–H groups in total. The highest BCUT2D eigenvalue weighted by molar-refractivity contribution is 7.89. The lowest BCUT2D eigenvalue weighted by Gasteiger charge is -2.29. The predicted molar refractivity (Wildman–Crippen MR) is 120 cm³/mol. The Morgan fingerprint density at radius 3 is 2.41 bits per heavy atom. The number of amides is 1. The number of hydrogen-bond acceptors (Lipinski definition) is 6. The lowest BCUT2D eigenvalue weighted by molar-refractivity contribution is -0.125. The van der Waals surface area contributed by atoms with Crippen molar-refractivity contribution in [2.75, 3.05) is 26.8 Å². The normalized spacial score (nSPS) is 22.6. The summed E-state index contributed by atoms with van der Waals surface area (Å²) >= 11 is 0. The Labute approximate surface area is 190 Å². The van der Waals surface area contributed by atoms with Gasteiger partial charge in [0.1, 0.15) is 11.3 Å². The van der Waals surface area contributed by atoms with Crippen LogP contribution >= 0.6 is 0 Å². The molecule has 1 heterocycles. The second-order valence-corrected chi connectivity index (χ2v) is 10.6. The number of nitrogens with zero attached hydrogens (tertiary/aromatic N) is 1. The molecule has 32 heavy (non-hydrogen) atoms. The Kier molecular flexibility index (Phi) is 8.53. The van der Waals surface area contributed by atoms with Gasteiger partial charge in [-0.2, -0.15) is 4.31 Å². The summed E-state index contributed by atoms with van der Waals surface area (Å²) in [5.41, 5.74) is -0.0118. The average Bonchev–Trinajstić information content (AvgIpc) is 3.09. The number of methoxy groups -OCH3 is 1. The van der Waals surface area contributed by atoms with Gasteiger partial charge in [-0.3, -0.25) is 4.79 Å². The highest BCUT2D eigenvalue weighted by atomic mass is 32.2. The molecule has 8 nitrogen and oxygen atoms in total. The van der Waals surface area contributed by atoms with Crippen molar-refractivity contribution >= 4 is 21.9 Å². The standard InChI is InChI=1S/C23H34N2O6S/c1-17-9-5-6-10-20(17)24-22(26)16-31-23(27)19-15-18(11-12-21(19)30-2)32(28,29)25-13-7-3-4-8-14-25/h11-12,15,17,20H,3-10,13-14,16H2,1-2H3,(H,24,26)/t17-,20-/m0/s1. The van der Waals surface area contributed by atoms with Crippen LogP contribution < -0.4 is 10.1 Å². The quantitative estimate of drug-likeness (QED) is 0.620. The van der Waals surface area contributed by atoms with Crippen LogP contribution in [0.1, 0.15) is 68.6 Å². The fraction of sp³-hybridized carbons (Fsp3) is 0.652. The number of carbonyl (C=O) groups excluding carboxylic acids is 2. The van der Waals surface area contributed by atoms with E-state index in [-0.39, 0.29) is 28.2 Å². The number of benzene rings is 1. The van der Waals surface area contributed by atoms with E-state index in [9.17, 15) is 18.0 Å². The van der Waals surface area contributed by atoms with Crippen molar-refractivity contribution in [2.24, 2.45) is 5.92 Å². The molecule has 2 atom stereocenters. The van der Waals surface area contributed by atoms with Crippen LogP contribution in [-0.2, 0) is 19.6 Å². The first kappa shape index (κ1) is 24.5. The number of hydrogen-bond donors (Lipinski definition) is 1. The number of carbonyl (C=O) groups is 2. The molecule has 178 valence electrons. The first-order valence-corrected chi connectivity index (χ1v) is 12.9. The van der Waals surface area contributed by atoms with Gasteiger partial charge < -0.3 is 14.8 Å². The van der Waals surface area contributed by atoms with Gasteiger partial charge >= 0.3 is 5.97 Å². The molecule has 1 saturated carbocycles. The minimum atomic E-state index is -3.73. The summed E-state index contributed by atoms with van der Waals surface area (Å²) < 4.78 is 38.1. The summed E-state index contributed by atoms with van der Waals surface area (Å²) in [7, 11) is -2.34. The van der Waals surface area contributed by atoms with Gasteiger partial charge in [-0.25, -0.2) is 13.2 Å². The molecule has 0 aromatic heterocycles. The Bertz CT molecular complexity index is 909. The molecular weight excluding hydrogens is 432 g/mol. The van der Waals surface area contributed by atoms with Crippen LogP contribution in [0, 0.1) is 5.92 Å². The van der Waals surface area contributed by atoms with Crippen molar-refractivity contribution in [3.05, 3.63) is 23.8 Å². The minimum Gasteiger partial charge on any atom is -0.496 e. The van der Waals surface area contributed by atoms with E-state index in [2.05, 4.69) is 12.2 Å². The van der Waals surface area contributed by atoms with Crippen LogP contribution in [0.5, 0.6) is 5.75 Å². The Balaban J connectivity index is 1.69. The van der Waals surface area contributed by atoms with Crippen LogP contribution in [0.4, 0.5) is 0 Å². The van der Waals surface area contributed by atoms with E-state index in [1.807, 2.05) is 0 Å². The molecule has 1 amide bonds. The minimum absolute atomic E-state index is 0.0118. The lowest BCUT2D eigenvalue weighted by Crippen LogP contribution is -2.42. The average molecular weight is 467 g/mol. The first-order chi connectivity index (χ1) is 15.3. The van der Waals surface area contributed by atoms with E-state index >= 15 is 0 Å². The predicted octanol–water partition coefficient (Wildman–Crippen LogP) is 3.11. The van der Waals surface area contributed by atoms with E-state index in [0.29, 0.717) is 19.0 Å². The molecule has 0 bridgehead atoms. The highest BCUT2D eigenvalue weighted by Gasteiger charge is 2.28. The summed E-state index contributed by atoms with van der Waals surface area (Å²) in [6, 6.07) is 4.26. The molecule has 0 spiro atoms. The van der Waals surface area contributed by atoms with Gasteiger partial charge in [0.2, 0.25) is 10.0 Å². The lowest BCUT2D eigenvalue weighted by atomic mass is 9.86. The zero-order valence-electron chi connectivity index (χ0n) is 19.0. The van der Waals surface area contributed by atoms with E-state index in [1.54, 1.807) is 0 Å². The zero-order chi connectivity index (χ0) is 23.1. The summed E-state index contributed by atoms with van der Waals surface area (Å²) in [5.74, 6) is -0.554. The van der Waals surface area contributed by atoms with E-state index in [4.69, 9.17) is 9.47 Å². The molecule has 2 fully saturated rings. The maximum Gasteiger partial charge on any atom is 0.342 e. The van der Waals surface area contributed by atoms with Gasteiger partial charge in [-0.15, -0.1) is 0 Å². The van der Waals surface area contributed by atoms with Gasteiger partial charge in [0, 0.05) is 19.1 Å². The third-order valence-electron chi connectivity index (χ3n) is 6.39. The fourth-order valence-corrected chi connectivity index (χ4v) is 5.97. The van der Waals surface area contributed by atoms with Crippen molar-refractivity contribution in [3.8, 4) is 5.75 Å². The SMILES string of the molecule is COc1ccc(S(=O)(=O)N2CCCCCC2)cc1C(=O)OCC(=O)N[C@H]1CCCC[C@@H]1C. The second kappa shape index (κ2) is 11.1. The van der Waals surface area contributed by atoms with Gasteiger partial charge in [-0.05, 0) is 49.8 Å². The molecule has 1 aromatic rings. The maximum absolute atomic E-state index is 13.1. The first-order valence-electron chi connectivity index (χ1n) is 11.5. The second-order valence-electron chi connectivity index (χ2n) is 8.69. The van der Waals surface area contributed by atoms with Crippen molar-refractivity contribution in [3.63, 3.8) is 0 Å². The Hall–Kier alpha value is -2.13. The van der Waals surface area contributed by atoms with Gasteiger partial charge in [-0.1, -0.05) is 32.6 Å². The molecule has 3 rings (SSSR count). The van der Waals surface area contributed by atoms with Crippen molar-refractivity contribution in [1.29, 1.82) is 0 Å². The van der Waals surface area contributed by atoms with E-state index < -0.39 is 22.6 Å². The number of esters is 1. The van der Waals surface area contributed by atoms with Crippen molar-refractivity contribution in [2.45, 2.75) is 69.2 Å². The molecule has 1 aromatic carbocycles. The molecule has 1 aliphatic heterocycles. The smallest absolute Gasteiger partial charge is 0.342 e. The largest absolute Gasteiger partial charge is 0.496 e. The highest BCUT2D eigenvalue weighted by Crippen LogP contribution is 2.27. The zero-order valence-corrected chi connectivity index (χ0v) is 19.8. The van der Waals surface area contributed by atoms with E-state index in [0.717, 1.165) is 44.9 Å². The van der Waals surface area contributed by atoms with Gasteiger partial charge in [0.05, 0.1) is 12.0 Å². The molecule has 1 aliphatic carbocycles. The van der Waals surface area contributed by atoms with Crippen LogP contribution in [0.25, 0.3) is 0 Å². The Morgan fingerprint density at radius 1 is 1.06 bits per heavy atom. The maximum atomic E-state index is 13.1. The molecule has 0 unspecified atom stereocenters. The molecule has 9 heteroatoms. The third-order valence-corrected chi connectivity index (χ3v) is 8.28. The van der Waals surface area contributed by atoms with Crippen LogP contribution in [0.3, 0.4) is 0 Å². The van der Waals surface area contributed by atoms with Crippen molar-refractivity contribution < 1.29 is 27.5 Å². The van der Waals surface area contributed by atoms with E-state index in [1.165, 1.54) is 36.0 Å². The van der Waals surface area contributed by atoms with Crippen LogP contribution in [-0.4, -0.2) is 57.4 Å². The summed E-state index contributed by atoms with van der Waals surface area (Å²) in [6.45, 7) is 2.62. The van der Waals surface area contributed by atoms with Crippen LogP contribution in [0.15, 0.2) is 23.1 Å². The number of nitrogens with one attached hydrogen (secondary N) is 1. The Morgan fingerprint density at radius 2 is 1.75 bits per heavy atom. The van der Waals surface area contributed by atoms with Gasteiger partial charge in [0.15, 0.2) is 6.61 Å². The molecular formula is C23H34N2O6S. The topological polar surface area (TPSA) is 102 Å². The summed E-state index contributed by atoms with van der Waals surface area (Å²) in [5, 5.41) is 2.94. The molecule has 0 radical (unpaired) electrons. The third kappa shape index (κ3) is 6.01. The number of sulfonamides is 1. The van der Waals surface area contributed by atoms with Gasteiger partial charge in [0.25, 0.3) is 5.91 Å². The molecule has 2 aliphatic rings.